The van der Waals surface area contributed by atoms with Gasteiger partial charge < -0.3 is 30.3 Å². The molecule has 2 rings (SSSR count). The Labute approximate surface area is 179 Å². The molecular weight excluding hydrogens is 390 g/mol. The van der Waals surface area contributed by atoms with Gasteiger partial charge >= 0.3 is 0 Å². The zero-order valence-corrected chi connectivity index (χ0v) is 18.5. The molecule has 10 nitrogen and oxygen atoms in total. The van der Waals surface area contributed by atoms with Crippen molar-refractivity contribution in [1.29, 1.82) is 0 Å². The summed E-state index contributed by atoms with van der Waals surface area (Å²) in [4.78, 5) is 43.9. The summed E-state index contributed by atoms with van der Waals surface area (Å²) < 4.78 is 10.4. The number of hydrogen-bond acceptors (Lipinski definition) is 7. The van der Waals surface area contributed by atoms with E-state index in [-0.39, 0.29) is 36.3 Å². The largest absolute Gasteiger partial charge is 0.379 e. The Morgan fingerprint density at radius 1 is 1.27 bits per heavy atom. The standard InChI is InChI=1S/C20H37N5O5/c1-15(2)20(28)24(7-6-23-8-10-30-11-9-23)16-12-17(19(27)22-5-4-21)25(13-16)18(26)14-29-3/h15-17H,4-14,21H2,1-3H3,(H,22,27). The molecule has 0 aliphatic carbocycles. The van der Waals surface area contributed by atoms with Crippen molar-refractivity contribution in [2.75, 3.05) is 72.7 Å². The lowest BCUT2D eigenvalue weighted by molar-refractivity contribution is -0.141. The first kappa shape index (κ1) is 24.5. The molecule has 0 aromatic heterocycles. The third-order valence-corrected chi connectivity index (χ3v) is 5.59. The molecule has 0 aromatic rings. The van der Waals surface area contributed by atoms with Gasteiger partial charge in [0.1, 0.15) is 12.6 Å². The Bertz CT molecular complexity index is 582. The monoisotopic (exact) mass is 427 g/mol. The van der Waals surface area contributed by atoms with Gasteiger partial charge in [-0.1, -0.05) is 13.8 Å². The summed E-state index contributed by atoms with van der Waals surface area (Å²) >= 11 is 0. The van der Waals surface area contributed by atoms with E-state index >= 15 is 0 Å². The van der Waals surface area contributed by atoms with Crippen LogP contribution in [0.2, 0.25) is 0 Å². The molecule has 2 fully saturated rings. The number of hydrogen-bond donors (Lipinski definition) is 2. The van der Waals surface area contributed by atoms with E-state index < -0.39 is 6.04 Å². The SMILES string of the molecule is COCC(=O)N1CC(N(CCN2CCOCC2)C(=O)C(C)C)CC1C(=O)NCCN. The van der Waals surface area contributed by atoms with Crippen LogP contribution in [-0.4, -0.2) is 117 Å². The summed E-state index contributed by atoms with van der Waals surface area (Å²) in [5.41, 5.74) is 5.49. The number of rotatable bonds is 10. The van der Waals surface area contributed by atoms with E-state index in [9.17, 15) is 14.4 Å². The first-order chi connectivity index (χ1) is 14.4. The number of nitrogens with zero attached hydrogens (tertiary/aromatic N) is 3. The third kappa shape index (κ3) is 6.63. The van der Waals surface area contributed by atoms with Crippen molar-refractivity contribution in [2.45, 2.75) is 32.4 Å². The Kier molecular flexibility index (Phi) is 9.96. The predicted molar refractivity (Wildman–Crippen MR) is 112 cm³/mol. The van der Waals surface area contributed by atoms with E-state index in [4.69, 9.17) is 15.2 Å². The zero-order chi connectivity index (χ0) is 22.1. The molecule has 172 valence electrons. The summed E-state index contributed by atoms with van der Waals surface area (Å²) in [7, 11) is 1.45. The minimum atomic E-state index is -0.630. The molecule has 2 aliphatic rings. The van der Waals surface area contributed by atoms with Gasteiger partial charge in [-0.25, -0.2) is 0 Å². The molecule has 3 N–H and O–H groups in total. The molecule has 30 heavy (non-hydrogen) atoms. The number of ether oxygens (including phenoxy) is 2. The second-order valence-electron chi connectivity index (χ2n) is 8.10. The lowest BCUT2D eigenvalue weighted by Crippen LogP contribution is -2.49. The Balaban J connectivity index is 2.13. The fourth-order valence-corrected chi connectivity index (χ4v) is 3.96. The Hall–Kier alpha value is -1.75. The fourth-order valence-electron chi connectivity index (χ4n) is 3.96. The fraction of sp³-hybridized carbons (Fsp3) is 0.850. The maximum Gasteiger partial charge on any atom is 0.249 e. The van der Waals surface area contributed by atoms with E-state index in [1.807, 2.05) is 18.7 Å². The topological polar surface area (TPSA) is 117 Å². The van der Waals surface area contributed by atoms with Gasteiger partial charge in [-0.05, 0) is 6.42 Å². The third-order valence-electron chi connectivity index (χ3n) is 5.59. The smallest absolute Gasteiger partial charge is 0.249 e. The molecule has 0 radical (unpaired) electrons. The van der Waals surface area contributed by atoms with Gasteiger partial charge in [-0.2, -0.15) is 0 Å². The molecule has 0 aromatic carbocycles. The number of carbonyl (C=O) groups excluding carboxylic acids is 3. The van der Waals surface area contributed by atoms with Crippen LogP contribution in [0, 0.1) is 5.92 Å². The molecule has 2 atom stereocenters. The number of methoxy groups -OCH3 is 1. The highest BCUT2D eigenvalue weighted by Crippen LogP contribution is 2.24. The Morgan fingerprint density at radius 2 is 1.97 bits per heavy atom. The van der Waals surface area contributed by atoms with Crippen LogP contribution in [0.5, 0.6) is 0 Å². The number of morpholine rings is 1. The Morgan fingerprint density at radius 3 is 2.57 bits per heavy atom. The van der Waals surface area contributed by atoms with Crippen LogP contribution in [0.3, 0.4) is 0 Å². The normalized spacial score (nSPS) is 22.4. The average molecular weight is 428 g/mol. The van der Waals surface area contributed by atoms with Crippen molar-refractivity contribution in [3.63, 3.8) is 0 Å². The quantitative estimate of drug-likeness (QED) is 0.435. The molecule has 0 bridgehead atoms. The number of nitrogens with one attached hydrogen (secondary N) is 1. The highest BCUT2D eigenvalue weighted by Gasteiger charge is 2.43. The molecule has 0 saturated carbocycles. The number of amides is 3. The van der Waals surface area contributed by atoms with Crippen molar-refractivity contribution in [2.24, 2.45) is 11.7 Å². The minimum Gasteiger partial charge on any atom is -0.379 e. The van der Waals surface area contributed by atoms with E-state index in [1.165, 1.54) is 12.0 Å². The molecular formula is C20H37N5O5. The van der Waals surface area contributed by atoms with Gasteiger partial charge in [0.05, 0.1) is 19.3 Å². The van der Waals surface area contributed by atoms with Crippen LogP contribution in [0.4, 0.5) is 0 Å². The second-order valence-corrected chi connectivity index (χ2v) is 8.10. The lowest BCUT2D eigenvalue weighted by Gasteiger charge is -2.34. The maximum atomic E-state index is 13.0. The predicted octanol–water partition coefficient (Wildman–Crippen LogP) is -1.51. The number of carbonyl (C=O) groups is 3. The first-order valence-electron chi connectivity index (χ1n) is 10.8. The van der Waals surface area contributed by atoms with E-state index in [0.717, 1.165) is 19.6 Å². The average Bonchev–Trinajstić information content (AvgIpc) is 3.18. The molecule has 2 aliphatic heterocycles. The molecule has 2 heterocycles. The number of likely N-dealkylation sites (tertiary alicyclic amines) is 1. The van der Waals surface area contributed by atoms with Crippen LogP contribution in [0.15, 0.2) is 0 Å². The van der Waals surface area contributed by atoms with E-state index in [0.29, 0.717) is 45.8 Å². The molecule has 10 heteroatoms. The molecule has 3 amide bonds. The van der Waals surface area contributed by atoms with Gasteiger partial charge in [-0.15, -0.1) is 0 Å². The first-order valence-corrected chi connectivity index (χ1v) is 10.8. The lowest BCUT2D eigenvalue weighted by atomic mass is 10.1. The zero-order valence-electron chi connectivity index (χ0n) is 18.5. The molecule has 2 unspecified atom stereocenters. The maximum absolute atomic E-state index is 13.0. The van der Waals surface area contributed by atoms with Crippen molar-refractivity contribution >= 4 is 17.7 Å². The van der Waals surface area contributed by atoms with Gasteiger partial charge in [0, 0.05) is 58.8 Å². The van der Waals surface area contributed by atoms with Gasteiger partial charge in [-0.3, -0.25) is 19.3 Å². The summed E-state index contributed by atoms with van der Waals surface area (Å²) in [6.07, 6.45) is 0.410. The van der Waals surface area contributed by atoms with Crippen molar-refractivity contribution < 1.29 is 23.9 Å². The van der Waals surface area contributed by atoms with Crippen LogP contribution in [0.1, 0.15) is 20.3 Å². The van der Waals surface area contributed by atoms with Crippen LogP contribution < -0.4 is 11.1 Å². The summed E-state index contributed by atoms with van der Waals surface area (Å²) in [6.45, 7) is 9.03. The summed E-state index contributed by atoms with van der Waals surface area (Å²) in [5.74, 6) is -0.617. The van der Waals surface area contributed by atoms with E-state index in [1.54, 1.807) is 0 Å². The van der Waals surface area contributed by atoms with Crippen LogP contribution in [0.25, 0.3) is 0 Å². The summed E-state index contributed by atoms with van der Waals surface area (Å²) in [5, 5.41) is 2.77. The highest BCUT2D eigenvalue weighted by molar-refractivity contribution is 5.89. The van der Waals surface area contributed by atoms with Crippen molar-refractivity contribution in [3.8, 4) is 0 Å². The van der Waals surface area contributed by atoms with Crippen LogP contribution in [-0.2, 0) is 23.9 Å². The highest BCUT2D eigenvalue weighted by atomic mass is 16.5. The molecule has 0 spiro atoms. The van der Waals surface area contributed by atoms with Crippen molar-refractivity contribution in [3.05, 3.63) is 0 Å². The number of nitrogens with two attached hydrogens (primary N) is 1. The van der Waals surface area contributed by atoms with Gasteiger partial charge in [0.15, 0.2) is 0 Å². The molecule has 2 saturated heterocycles. The second kappa shape index (κ2) is 12.2. The van der Waals surface area contributed by atoms with Gasteiger partial charge in [0.2, 0.25) is 17.7 Å². The van der Waals surface area contributed by atoms with Crippen molar-refractivity contribution in [1.82, 2.24) is 20.0 Å². The van der Waals surface area contributed by atoms with Crippen LogP contribution >= 0.6 is 0 Å². The minimum absolute atomic E-state index is 0.0374. The summed E-state index contributed by atoms with van der Waals surface area (Å²) in [6, 6.07) is -0.842. The van der Waals surface area contributed by atoms with Gasteiger partial charge in [0.25, 0.3) is 0 Å². The van der Waals surface area contributed by atoms with E-state index in [2.05, 4.69) is 10.2 Å².